The molecule has 0 bridgehead atoms. The van der Waals surface area contributed by atoms with Crippen molar-refractivity contribution in [3.63, 3.8) is 0 Å². The number of piperazine rings is 1. The van der Waals surface area contributed by atoms with Gasteiger partial charge in [-0.05, 0) is 37.8 Å². The van der Waals surface area contributed by atoms with Crippen LogP contribution >= 0.6 is 0 Å². The number of hydrogen-bond donors (Lipinski definition) is 2. The van der Waals surface area contributed by atoms with Crippen molar-refractivity contribution >= 4 is 15.7 Å². The van der Waals surface area contributed by atoms with E-state index in [4.69, 9.17) is 10.4 Å². The van der Waals surface area contributed by atoms with E-state index < -0.39 is 15.3 Å². The van der Waals surface area contributed by atoms with Crippen LogP contribution in [0.5, 0.6) is 0 Å². The van der Waals surface area contributed by atoms with Crippen molar-refractivity contribution < 1.29 is 18.8 Å². The zero-order valence-electron chi connectivity index (χ0n) is 13.7. The molecule has 1 aromatic rings. The monoisotopic (exact) mass is 355 g/mol. The molecule has 2 N–H and O–H groups in total. The predicted molar refractivity (Wildman–Crippen MR) is 90.6 cm³/mol. The minimum Gasteiger partial charge on any atom is -0.369 e. The molecule has 8 heteroatoms. The highest BCUT2D eigenvalue weighted by Crippen LogP contribution is 2.29. The molecule has 1 aliphatic carbocycles. The topological polar surface area (TPSA) is 84.3 Å². The van der Waals surface area contributed by atoms with Gasteiger partial charge in [-0.3, -0.25) is 10.4 Å². The Balaban J connectivity index is 1.57. The van der Waals surface area contributed by atoms with E-state index in [1.54, 1.807) is 4.31 Å². The third kappa shape index (κ3) is 3.73. The molecular weight excluding hydrogens is 330 g/mol. The number of rotatable bonds is 4. The minimum atomic E-state index is -3.31. The van der Waals surface area contributed by atoms with Gasteiger partial charge in [0.15, 0.2) is 0 Å². The van der Waals surface area contributed by atoms with Crippen molar-refractivity contribution in [1.82, 2.24) is 9.53 Å². The van der Waals surface area contributed by atoms with E-state index in [1.807, 2.05) is 30.3 Å². The average molecular weight is 355 g/mol. The maximum atomic E-state index is 12.8. The Hall–Kier alpha value is -1.19. The van der Waals surface area contributed by atoms with Crippen molar-refractivity contribution in [2.45, 2.75) is 37.0 Å². The van der Waals surface area contributed by atoms with Gasteiger partial charge in [0.25, 0.3) is 0 Å². The highest BCUT2D eigenvalue weighted by molar-refractivity contribution is 7.89. The van der Waals surface area contributed by atoms with Crippen molar-refractivity contribution in [2.24, 2.45) is 0 Å². The molecule has 1 saturated heterocycles. The SMILES string of the molecule is O=S(=O)(C1CCC(N(O)O)CC1)N1CCN(c2ccccc2)CC1. The molecule has 0 unspecified atom stereocenters. The normalized spacial score (nSPS) is 26.7. The molecule has 7 nitrogen and oxygen atoms in total. The summed E-state index contributed by atoms with van der Waals surface area (Å²) in [6.07, 6.45) is 1.93. The van der Waals surface area contributed by atoms with Gasteiger partial charge in [-0.15, -0.1) is 0 Å². The second kappa shape index (κ2) is 7.37. The Morgan fingerprint density at radius 3 is 2.04 bits per heavy atom. The molecule has 2 fully saturated rings. The molecule has 0 radical (unpaired) electrons. The first-order valence-electron chi connectivity index (χ1n) is 8.44. The zero-order chi connectivity index (χ0) is 17.2. The smallest absolute Gasteiger partial charge is 0.217 e. The zero-order valence-corrected chi connectivity index (χ0v) is 14.5. The fourth-order valence-corrected chi connectivity index (χ4v) is 5.59. The molecule has 134 valence electrons. The first-order valence-corrected chi connectivity index (χ1v) is 9.95. The molecule has 1 aromatic carbocycles. The molecule has 0 amide bonds. The predicted octanol–water partition coefficient (Wildman–Crippen LogP) is 1.53. The van der Waals surface area contributed by atoms with Gasteiger partial charge in [0.05, 0.1) is 11.3 Å². The van der Waals surface area contributed by atoms with Crippen LogP contribution in [0.15, 0.2) is 30.3 Å². The summed E-state index contributed by atoms with van der Waals surface area (Å²) in [6.45, 7) is 2.39. The number of hydrogen-bond acceptors (Lipinski definition) is 6. The molecule has 24 heavy (non-hydrogen) atoms. The van der Waals surface area contributed by atoms with Crippen LogP contribution in [0.25, 0.3) is 0 Å². The fourth-order valence-electron chi connectivity index (χ4n) is 3.62. The number of nitrogens with zero attached hydrogens (tertiary/aromatic N) is 3. The van der Waals surface area contributed by atoms with Crippen LogP contribution in [0.1, 0.15) is 25.7 Å². The van der Waals surface area contributed by atoms with Crippen molar-refractivity contribution in [2.75, 3.05) is 31.1 Å². The van der Waals surface area contributed by atoms with E-state index in [1.165, 1.54) is 0 Å². The summed E-state index contributed by atoms with van der Waals surface area (Å²) >= 11 is 0. The van der Waals surface area contributed by atoms with E-state index in [-0.39, 0.29) is 11.3 Å². The highest BCUT2D eigenvalue weighted by atomic mass is 32.2. The quantitative estimate of drug-likeness (QED) is 0.797. The van der Waals surface area contributed by atoms with Gasteiger partial charge in [0.1, 0.15) is 0 Å². The average Bonchev–Trinajstić information content (AvgIpc) is 2.62. The lowest BCUT2D eigenvalue weighted by Gasteiger charge is -2.38. The van der Waals surface area contributed by atoms with Crippen LogP contribution in [0.4, 0.5) is 5.69 Å². The molecule has 1 aliphatic heterocycles. The Labute approximate surface area is 143 Å². The van der Waals surface area contributed by atoms with Crippen molar-refractivity contribution in [3.8, 4) is 0 Å². The molecule has 1 saturated carbocycles. The van der Waals surface area contributed by atoms with Gasteiger partial charge in [0, 0.05) is 31.9 Å². The lowest BCUT2D eigenvalue weighted by atomic mass is 9.95. The van der Waals surface area contributed by atoms with Gasteiger partial charge in [-0.25, -0.2) is 8.42 Å². The summed E-state index contributed by atoms with van der Waals surface area (Å²) in [5, 5.41) is 18.0. The van der Waals surface area contributed by atoms with E-state index in [9.17, 15) is 8.42 Å². The highest BCUT2D eigenvalue weighted by Gasteiger charge is 2.37. The number of benzene rings is 1. The Morgan fingerprint density at radius 1 is 0.917 bits per heavy atom. The van der Waals surface area contributed by atoms with Gasteiger partial charge < -0.3 is 4.90 Å². The Bertz CT molecular complexity index is 622. The van der Waals surface area contributed by atoms with Gasteiger partial charge in [-0.1, -0.05) is 23.4 Å². The summed E-state index contributed by atoms with van der Waals surface area (Å²) in [7, 11) is -3.31. The number of hydroxylamine groups is 2. The van der Waals surface area contributed by atoms with Crippen LogP contribution in [0.2, 0.25) is 0 Å². The summed E-state index contributed by atoms with van der Waals surface area (Å²) in [5.74, 6) is 0. The molecular formula is C16H25N3O4S. The maximum Gasteiger partial charge on any atom is 0.217 e. The second-order valence-corrected chi connectivity index (χ2v) is 8.73. The van der Waals surface area contributed by atoms with E-state index in [2.05, 4.69) is 4.90 Å². The van der Waals surface area contributed by atoms with Crippen LogP contribution in [-0.4, -0.2) is 65.8 Å². The van der Waals surface area contributed by atoms with E-state index in [0.717, 1.165) is 5.69 Å². The van der Waals surface area contributed by atoms with Crippen LogP contribution < -0.4 is 4.90 Å². The number of para-hydroxylation sites is 1. The lowest BCUT2D eigenvalue weighted by Crippen LogP contribution is -2.52. The molecule has 0 spiro atoms. The Kier molecular flexibility index (Phi) is 5.41. The third-order valence-corrected chi connectivity index (χ3v) is 7.51. The molecule has 0 aromatic heterocycles. The first kappa shape index (κ1) is 17.6. The van der Waals surface area contributed by atoms with E-state index in [0.29, 0.717) is 51.9 Å². The first-order chi connectivity index (χ1) is 11.5. The van der Waals surface area contributed by atoms with Crippen molar-refractivity contribution in [1.29, 1.82) is 0 Å². The number of sulfonamides is 1. The van der Waals surface area contributed by atoms with Gasteiger partial charge in [0.2, 0.25) is 10.0 Å². The molecule has 0 atom stereocenters. The third-order valence-electron chi connectivity index (χ3n) is 5.11. The lowest BCUT2D eigenvalue weighted by molar-refractivity contribution is -0.335. The van der Waals surface area contributed by atoms with Gasteiger partial charge >= 0.3 is 0 Å². The number of anilines is 1. The van der Waals surface area contributed by atoms with Crippen LogP contribution in [0.3, 0.4) is 0 Å². The summed E-state index contributed by atoms with van der Waals surface area (Å²) in [5.41, 5.74) is 1.13. The largest absolute Gasteiger partial charge is 0.369 e. The maximum absolute atomic E-state index is 12.8. The van der Waals surface area contributed by atoms with Crippen LogP contribution in [0, 0.1) is 0 Å². The minimum absolute atomic E-state index is 0.224. The standard InChI is InChI=1S/C16H25N3O4S/c20-19(21)15-6-8-16(9-7-15)24(22,23)18-12-10-17(11-13-18)14-4-2-1-3-5-14/h1-5,15-16,20-21H,6-13H2. The van der Waals surface area contributed by atoms with Gasteiger partial charge in [-0.2, -0.15) is 4.31 Å². The summed E-state index contributed by atoms with van der Waals surface area (Å²) in [4.78, 5) is 2.21. The van der Waals surface area contributed by atoms with Crippen LogP contribution in [-0.2, 0) is 10.0 Å². The second-order valence-electron chi connectivity index (χ2n) is 6.52. The van der Waals surface area contributed by atoms with E-state index >= 15 is 0 Å². The fraction of sp³-hybridized carbons (Fsp3) is 0.625. The molecule has 3 rings (SSSR count). The molecule has 2 aliphatic rings. The molecule has 1 heterocycles. The summed E-state index contributed by atoms with van der Waals surface area (Å²) < 4.78 is 27.3. The Morgan fingerprint density at radius 2 is 1.50 bits per heavy atom. The summed E-state index contributed by atoms with van der Waals surface area (Å²) in [6, 6.07) is 9.68. The van der Waals surface area contributed by atoms with Crippen molar-refractivity contribution in [3.05, 3.63) is 30.3 Å².